The summed E-state index contributed by atoms with van der Waals surface area (Å²) in [6.45, 7) is 1.42. The molecule has 0 heterocycles. The second kappa shape index (κ2) is 5.76. The summed E-state index contributed by atoms with van der Waals surface area (Å²) < 4.78 is 0. The van der Waals surface area contributed by atoms with Crippen molar-refractivity contribution in [2.45, 2.75) is 25.7 Å². The molecular formula is C14H20N2O2. The minimum absolute atomic E-state index is 0.152. The Bertz CT molecular complexity index is 416. The van der Waals surface area contributed by atoms with Crippen molar-refractivity contribution in [3.63, 3.8) is 0 Å². The predicted molar refractivity (Wildman–Crippen MR) is 72.7 cm³/mol. The zero-order valence-electron chi connectivity index (χ0n) is 10.5. The van der Waals surface area contributed by atoms with Gasteiger partial charge in [-0.25, -0.2) is 0 Å². The van der Waals surface area contributed by atoms with Crippen molar-refractivity contribution in [2.75, 3.05) is 23.7 Å². The molecule has 0 atom stereocenters. The average Bonchev–Trinajstić information content (AvgIpc) is 3.14. The number of rotatable bonds is 7. The highest BCUT2D eigenvalue weighted by Crippen LogP contribution is 2.33. The van der Waals surface area contributed by atoms with Gasteiger partial charge in [-0.3, -0.25) is 4.79 Å². The molecule has 98 valence electrons. The molecule has 18 heavy (non-hydrogen) atoms. The Hall–Kier alpha value is -1.71. The van der Waals surface area contributed by atoms with Gasteiger partial charge in [0.05, 0.1) is 17.8 Å². The summed E-state index contributed by atoms with van der Waals surface area (Å²) in [4.78, 5) is 12.8. The summed E-state index contributed by atoms with van der Waals surface area (Å²) in [6, 6.07) is 7.66. The first kappa shape index (κ1) is 12.7. The summed E-state index contributed by atoms with van der Waals surface area (Å²) in [5.74, 6) is 0.0724. The van der Waals surface area contributed by atoms with Crippen LogP contribution in [-0.4, -0.2) is 24.2 Å². The number of aliphatic carboxylic acids is 1. The monoisotopic (exact) mass is 248 g/mol. The first-order chi connectivity index (χ1) is 8.66. The first-order valence-electron chi connectivity index (χ1n) is 6.48. The number of carboxylic acid groups (broad SMARTS) is 1. The first-order valence-corrected chi connectivity index (χ1v) is 6.48. The Morgan fingerprint density at radius 2 is 2.06 bits per heavy atom. The van der Waals surface area contributed by atoms with Crippen LogP contribution in [0.4, 0.5) is 11.4 Å². The lowest BCUT2D eigenvalue weighted by Crippen LogP contribution is -2.28. The molecule has 1 aliphatic rings. The van der Waals surface area contributed by atoms with E-state index in [1.54, 1.807) is 0 Å². The molecule has 0 spiro atoms. The van der Waals surface area contributed by atoms with E-state index >= 15 is 0 Å². The van der Waals surface area contributed by atoms with E-state index in [0.717, 1.165) is 30.3 Å². The van der Waals surface area contributed by atoms with Crippen molar-refractivity contribution in [2.24, 2.45) is 5.92 Å². The number of anilines is 2. The van der Waals surface area contributed by atoms with Crippen LogP contribution in [-0.2, 0) is 4.79 Å². The maximum Gasteiger partial charge on any atom is 0.305 e. The molecular weight excluding hydrogens is 228 g/mol. The molecule has 3 N–H and O–H groups in total. The van der Waals surface area contributed by atoms with Gasteiger partial charge in [-0.1, -0.05) is 25.0 Å². The molecule has 0 saturated heterocycles. The van der Waals surface area contributed by atoms with Crippen molar-refractivity contribution >= 4 is 17.3 Å². The molecule has 2 rings (SSSR count). The minimum atomic E-state index is -0.763. The lowest BCUT2D eigenvalue weighted by Gasteiger charge is -2.25. The molecule has 1 aliphatic carbocycles. The van der Waals surface area contributed by atoms with Gasteiger partial charge in [-0.2, -0.15) is 0 Å². The van der Waals surface area contributed by atoms with E-state index < -0.39 is 5.97 Å². The third-order valence-corrected chi connectivity index (χ3v) is 3.38. The molecule has 0 aliphatic heterocycles. The number of nitrogen functional groups attached to an aromatic ring is 1. The van der Waals surface area contributed by atoms with Crippen molar-refractivity contribution in [3.05, 3.63) is 24.3 Å². The normalized spacial score (nSPS) is 14.4. The zero-order valence-corrected chi connectivity index (χ0v) is 10.5. The van der Waals surface area contributed by atoms with Crippen molar-refractivity contribution < 1.29 is 9.90 Å². The van der Waals surface area contributed by atoms with Crippen molar-refractivity contribution in [3.8, 4) is 0 Å². The summed E-state index contributed by atoms with van der Waals surface area (Å²) in [7, 11) is 0. The molecule has 0 amide bonds. The van der Waals surface area contributed by atoms with Crippen LogP contribution in [0.3, 0.4) is 0 Å². The number of nitrogens with zero attached hydrogens (tertiary/aromatic N) is 1. The van der Waals surface area contributed by atoms with Crippen LogP contribution in [0, 0.1) is 5.92 Å². The molecule has 4 nitrogen and oxygen atoms in total. The molecule has 0 bridgehead atoms. The highest BCUT2D eigenvalue weighted by atomic mass is 16.4. The Morgan fingerprint density at radius 3 is 2.67 bits per heavy atom. The number of carboxylic acids is 1. The molecule has 4 heteroatoms. The standard InChI is InChI=1S/C14H20N2O2/c15-12-3-1-2-4-13(12)16(10-8-14(17)18)9-7-11-5-6-11/h1-4,11H,5-10,15H2,(H,17,18). The van der Waals surface area contributed by atoms with Crippen LogP contribution in [0.5, 0.6) is 0 Å². The van der Waals surface area contributed by atoms with Crippen LogP contribution in [0.2, 0.25) is 0 Å². The van der Waals surface area contributed by atoms with Gasteiger partial charge in [0, 0.05) is 13.1 Å². The Kier molecular flexibility index (Phi) is 4.07. The number of benzene rings is 1. The predicted octanol–water partition coefficient (Wildman–Crippen LogP) is 2.35. The average molecular weight is 248 g/mol. The smallest absolute Gasteiger partial charge is 0.305 e. The van der Waals surface area contributed by atoms with Gasteiger partial charge in [0.15, 0.2) is 0 Å². The van der Waals surface area contributed by atoms with E-state index in [9.17, 15) is 4.79 Å². The fraction of sp³-hybridized carbons (Fsp3) is 0.500. The van der Waals surface area contributed by atoms with Crippen molar-refractivity contribution in [1.29, 1.82) is 0 Å². The fourth-order valence-electron chi connectivity index (χ4n) is 2.10. The second-order valence-electron chi connectivity index (χ2n) is 4.92. The molecule has 1 aromatic rings. The molecule has 1 saturated carbocycles. The van der Waals surface area contributed by atoms with Crippen LogP contribution in [0.15, 0.2) is 24.3 Å². The van der Waals surface area contributed by atoms with E-state index in [1.165, 1.54) is 12.8 Å². The molecule has 1 fully saturated rings. The number of hydrogen-bond donors (Lipinski definition) is 2. The van der Waals surface area contributed by atoms with Gasteiger partial charge in [-0.15, -0.1) is 0 Å². The number of para-hydroxylation sites is 2. The van der Waals surface area contributed by atoms with E-state index in [-0.39, 0.29) is 6.42 Å². The maximum atomic E-state index is 10.7. The number of nitrogens with two attached hydrogens (primary N) is 1. The van der Waals surface area contributed by atoms with Gasteiger partial charge in [0.1, 0.15) is 0 Å². The van der Waals surface area contributed by atoms with Crippen LogP contribution in [0.25, 0.3) is 0 Å². The molecule has 1 aromatic carbocycles. The summed E-state index contributed by atoms with van der Waals surface area (Å²) in [6.07, 6.45) is 3.92. The highest BCUT2D eigenvalue weighted by Gasteiger charge is 2.22. The van der Waals surface area contributed by atoms with Crippen LogP contribution < -0.4 is 10.6 Å². The third kappa shape index (κ3) is 3.65. The number of hydrogen-bond acceptors (Lipinski definition) is 3. The van der Waals surface area contributed by atoms with Crippen LogP contribution in [0.1, 0.15) is 25.7 Å². The van der Waals surface area contributed by atoms with Gasteiger partial charge < -0.3 is 15.7 Å². The lowest BCUT2D eigenvalue weighted by atomic mass is 10.2. The zero-order chi connectivity index (χ0) is 13.0. The molecule has 0 unspecified atom stereocenters. The number of carbonyl (C=O) groups is 1. The summed E-state index contributed by atoms with van der Waals surface area (Å²) in [5, 5.41) is 8.81. The molecule has 0 radical (unpaired) electrons. The topological polar surface area (TPSA) is 66.6 Å². The van der Waals surface area contributed by atoms with Gasteiger partial charge in [-0.05, 0) is 24.5 Å². The fourth-order valence-corrected chi connectivity index (χ4v) is 2.10. The second-order valence-corrected chi connectivity index (χ2v) is 4.92. The summed E-state index contributed by atoms with van der Waals surface area (Å²) in [5.41, 5.74) is 7.64. The minimum Gasteiger partial charge on any atom is -0.481 e. The van der Waals surface area contributed by atoms with Crippen molar-refractivity contribution in [1.82, 2.24) is 0 Å². The largest absolute Gasteiger partial charge is 0.481 e. The Balaban J connectivity index is 2.01. The quantitative estimate of drug-likeness (QED) is 0.727. The summed E-state index contributed by atoms with van der Waals surface area (Å²) >= 11 is 0. The van der Waals surface area contributed by atoms with E-state index in [0.29, 0.717) is 6.54 Å². The van der Waals surface area contributed by atoms with Gasteiger partial charge in [0.25, 0.3) is 0 Å². The van der Waals surface area contributed by atoms with E-state index in [1.807, 2.05) is 24.3 Å². The molecule has 0 aromatic heterocycles. The lowest BCUT2D eigenvalue weighted by molar-refractivity contribution is -0.136. The van der Waals surface area contributed by atoms with Crippen LogP contribution >= 0.6 is 0 Å². The maximum absolute atomic E-state index is 10.7. The third-order valence-electron chi connectivity index (χ3n) is 3.38. The van der Waals surface area contributed by atoms with E-state index in [4.69, 9.17) is 10.8 Å². The van der Waals surface area contributed by atoms with Gasteiger partial charge >= 0.3 is 5.97 Å². The Morgan fingerprint density at radius 1 is 1.33 bits per heavy atom. The van der Waals surface area contributed by atoms with E-state index in [2.05, 4.69) is 4.90 Å². The highest BCUT2D eigenvalue weighted by molar-refractivity contribution is 5.70. The Labute approximate surface area is 107 Å². The van der Waals surface area contributed by atoms with Gasteiger partial charge in [0.2, 0.25) is 0 Å². The SMILES string of the molecule is Nc1ccccc1N(CCC(=O)O)CCC1CC1.